The number of carbonyl (C=O) groups is 1. The van der Waals surface area contributed by atoms with Crippen molar-refractivity contribution in [2.45, 2.75) is 37.4 Å². The SMILES string of the molecule is CC12CC(c3cn4cc(C=O)c(OCc5ccccc5)cc4n3)(CO1)C2. The second kappa shape index (κ2) is 5.42. The average molecular weight is 348 g/mol. The Morgan fingerprint density at radius 2 is 2.08 bits per heavy atom. The summed E-state index contributed by atoms with van der Waals surface area (Å²) in [7, 11) is 0. The van der Waals surface area contributed by atoms with Gasteiger partial charge in [-0.2, -0.15) is 0 Å². The summed E-state index contributed by atoms with van der Waals surface area (Å²) >= 11 is 0. The Bertz CT molecular complexity index is 987. The summed E-state index contributed by atoms with van der Waals surface area (Å²) in [5.74, 6) is 0.562. The van der Waals surface area contributed by atoms with E-state index in [0.717, 1.165) is 42.6 Å². The van der Waals surface area contributed by atoms with Crippen LogP contribution in [0.15, 0.2) is 48.8 Å². The molecule has 1 saturated carbocycles. The van der Waals surface area contributed by atoms with Crippen molar-refractivity contribution in [1.82, 2.24) is 9.38 Å². The van der Waals surface area contributed by atoms with E-state index in [4.69, 9.17) is 14.5 Å². The van der Waals surface area contributed by atoms with Gasteiger partial charge in [0.05, 0.1) is 23.5 Å². The molecule has 6 rings (SSSR count). The second-order valence-corrected chi connectivity index (χ2v) is 7.75. The highest BCUT2D eigenvalue weighted by molar-refractivity contribution is 5.80. The molecule has 2 saturated heterocycles. The zero-order valence-corrected chi connectivity index (χ0v) is 14.6. The molecule has 2 aromatic heterocycles. The van der Waals surface area contributed by atoms with Crippen molar-refractivity contribution in [3.8, 4) is 5.75 Å². The molecule has 5 nitrogen and oxygen atoms in total. The lowest BCUT2D eigenvalue weighted by atomic mass is 9.62. The van der Waals surface area contributed by atoms with Crippen LogP contribution in [-0.4, -0.2) is 27.9 Å². The minimum Gasteiger partial charge on any atom is -0.488 e. The molecular formula is C21H20N2O3. The number of fused-ring (bicyclic) bond motifs is 2. The van der Waals surface area contributed by atoms with Crippen molar-refractivity contribution in [1.29, 1.82) is 0 Å². The third kappa shape index (κ3) is 2.35. The van der Waals surface area contributed by atoms with E-state index < -0.39 is 0 Å². The van der Waals surface area contributed by atoms with E-state index in [1.54, 1.807) is 6.20 Å². The Labute approximate surface area is 151 Å². The normalized spacial score (nSPS) is 26.7. The van der Waals surface area contributed by atoms with Gasteiger partial charge in [0, 0.05) is 23.9 Å². The molecule has 0 spiro atoms. The van der Waals surface area contributed by atoms with Gasteiger partial charge in [-0.15, -0.1) is 0 Å². The van der Waals surface area contributed by atoms with E-state index in [9.17, 15) is 4.79 Å². The number of hydrogen-bond donors (Lipinski definition) is 0. The van der Waals surface area contributed by atoms with Crippen molar-refractivity contribution < 1.29 is 14.3 Å². The Hall–Kier alpha value is -2.66. The third-order valence-electron chi connectivity index (χ3n) is 5.61. The number of hydrogen-bond acceptors (Lipinski definition) is 4. The fourth-order valence-electron chi connectivity index (χ4n) is 4.39. The summed E-state index contributed by atoms with van der Waals surface area (Å²) in [6, 6.07) is 11.8. The highest BCUT2D eigenvalue weighted by Crippen LogP contribution is 2.58. The van der Waals surface area contributed by atoms with Gasteiger partial charge in [0.2, 0.25) is 0 Å². The van der Waals surface area contributed by atoms with Gasteiger partial charge in [-0.05, 0) is 25.3 Å². The molecule has 0 radical (unpaired) electrons. The van der Waals surface area contributed by atoms with E-state index in [-0.39, 0.29) is 11.0 Å². The number of benzene rings is 1. The molecular weight excluding hydrogens is 328 g/mol. The molecule has 0 N–H and O–H groups in total. The molecule has 1 aromatic carbocycles. The number of rotatable bonds is 5. The fraction of sp³-hybridized carbons (Fsp3) is 0.333. The summed E-state index contributed by atoms with van der Waals surface area (Å²) in [5, 5.41) is 0. The highest BCUT2D eigenvalue weighted by Gasteiger charge is 2.61. The van der Waals surface area contributed by atoms with E-state index >= 15 is 0 Å². The molecule has 3 fully saturated rings. The maximum absolute atomic E-state index is 11.5. The molecule has 132 valence electrons. The van der Waals surface area contributed by atoms with Crippen LogP contribution in [0.1, 0.15) is 41.4 Å². The van der Waals surface area contributed by atoms with Crippen LogP contribution in [0, 0.1) is 0 Å². The van der Waals surface area contributed by atoms with Gasteiger partial charge in [-0.1, -0.05) is 30.3 Å². The topological polar surface area (TPSA) is 52.8 Å². The lowest BCUT2D eigenvalue weighted by Gasteiger charge is -2.41. The van der Waals surface area contributed by atoms with E-state index in [1.807, 2.05) is 47.0 Å². The molecule has 2 bridgehead atoms. The Morgan fingerprint density at radius 1 is 1.27 bits per heavy atom. The first-order chi connectivity index (χ1) is 12.6. The molecule has 1 aliphatic carbocycles. The van der Waals surface area contributed by atoms with Crippen molar-refractivity contribution in [2.75, 3.05) is 6.61 Å². The minimum absolute atomic E-state index is 0.0215. The number of aldehydes is 1. The molecule has 2 aliphatic heterocycles. The van der Waals surface area contributed by atoms with Crippen molar-refractivity contribution in [3.05, 3.63) is 65.6 Å². The maximum Gasteiger partial charge on any atom is 0.155 e. The summed E-state index contributed by atoms with van der Waals surface area (Å²) < 4.78 is 13.7. The molecule has 0 amide bonds. The summed E-state index contributed by atoms with van der Waals surface area (Å²) in [4.78, 5) is 16.3. The molecule has 5 heteroatoms. The Balaban J connectivity index is 1.46. The number of pyridine rings is 1. The molecule has 4 heterocycles. The quantitative estimate of drug-likeness (QED) is 0.662. The predicted octanol–water partition coefficient (Wildman–Crippen LogP) is 3.55. The van der Waals surface area contributed by atoms with E-state index in [0.29, 0.717) is 17.9 Å². The van der Waals surface area contributed by atoms with Gasteiger partial charge < -0.3 is 13.9 Å². The van der Waals surface area contributed by atoms with Gasteiger partial charge >= 0.3 is 0 Å². The zero-order chi connectivity index (χ0) is 17.8. The van der Waals surface area contributed by atoms with Crippen LogP contribution >= 0.6 is 0 Å². The minimum atomic E-state index is 0.0215. The lowest BCUT2D eigenvalue weighted by molar-refractivity contribution is 0.0154. The zero-order valence-electron chi connectivity index (χ0n) is 14.6. The first-order valence-corrected chi connectivity index (χ1v) is 8.88. The maximum atomic E-state index is 11.5. The van der Waals surface area contributed by atoms with Crippen molar-refractivity contribution in [3.63, 3.8) is 0 Å². The van der Waals surface area contributed by atoms with Gasteiger partial charge in [-0.25, -0.2) is 4.98 Å². The van der Waals surface area contributed by atoms with E-state index in [1.165, 1.54) is 0 Å². The van der Waals surface area contributed by atoms with Gasteiger partial charge in [0.25, 0.3) is 0 Å². The van der Waals surface area contributed by atoms with Crippen LogP contribution in [0.3, 0.4) is 0 Å². The first-order valence-electron chi connectivity index (χ1n) is 8.88. The molecule has 3 aliphatic rings. The second-order valence-electron chi connectivity index (χ2n) is 7.75. The van der Waals surface area contributed by atoms with Gasteiger partial charge in [0.15, 0.2) is 6.29 Å². The number of imidazole rings is 1. The van der Waals surface area contributed by atoms with Crippen molar-refractivity contribution >= 4 is 11.9 Å². The molecule has 3 aromatic rings. The van der Waals surface area contributed by atoms with Crippen molar-refractivity contribution in [2.24, 2.45) is 0 Å². The standard InChI is InChI=1S/C21H20N2O3/c1-20-12-21(13-20,14-26-20)18-9-23-8-16(10-24)17(7-19(23)22-18)25-11-15-5-3-2-4-6-15/h2-10H,11-14H2,1H3. The predicted molar refractivity (Wildman–Crippen MR) is 96.6 cm³/mol. The van der Waals surface area contributed by atoms with Gasteiger partial charge in [0.1, 0.15) is 18.0 Å². The fourth-order valence-corrected chi connectivity index (χ4v) is 4.39. The lowest BCUT2D eigenvalue weighted by Crippen LogP contribution is -2.45. The monoisotopic (exact) mass is 348 g/mol. The summed E-state index contributed by atoms with van der Waals surface area (Å²) in [6.07, 6.45) is 6.68. The number of nitrogens with zero attached hydrogens (tertiary/aromatic N) is 2. The van der Waals surface area contributed by atoms with Crippen LogP contribution < -0.4 is 4.74 Å². The van der Waals surface area contributed by atoms with E-state index in [2.05, 4.69) is 6.92 Å². The Kier molecular flexibility index (Phi) is 3.25. The average Bonchev–Trinajstić information content (AvgIpc) is 3.30. The summed E-state index contributed by atoms with van der Waals surface area (Å²) in [5.41, 5.74) is 3.48. The van der Waals surface area contributed by atoms with Crippen LogP contribution in [0.4, 0.5) is 0 Å². The number of aromatic nitrogens is 2. The van der Waals surface area contributed by atoms with Crippen LogP contribution in [0.25, 0.3) is 5.65 Å². The largest absolute Gasteiger partial charge is 0.488 e. The van der Waals surface area contributed by atoms with Gasteiger partial charge in [-0.3, -0.25) is 4.79 Å². The van der Waals surface area contributed by atoms with Crippen LogP contribution in [0.5, 0.6) is 5.75 Å². The highest BCUT2D eigenvalue weighted by atomic mass is 16.5. The number of ether oxygens (including phenoxy) is 2. The molecule has 0 unspecified atom stereocenters. The Morgan fingerprint density at radius 3 is 2.77 bits per heavy atom. The smallest absolute Gasteiger partial charge is 0.155 e. The first kappa shape index (κ1) is 15.6. The summed E-state index contributed by atoms with van der Waals surface area (Å²) in [6.45, 7) is 3.31. The van der Waals surface area contributed by atoms with Crippen LogP contribution in [0.2, 0.25) is 0 Å². The number of carbonyl (C=O) groups excluding carboxylic acids is 1. The third-order valence-corrected chi connectivity index (χ3v) is 5.61. The molecule has 0 atom stereocenters. The molecule has 26 heavy (non-hydrogen) atoms. The van der Waals surface area contributed by atoms with Crippen LogP contribution in [-0.2, 0) is 16.8 Å².